The second kappa shape index (κ2) is 11.7. The minimum absolute atomic E-state index is 0.0400. The number of hydrogen-bond donors (Lipinski definition) is 0. The van der Waals surface area contributed by atoms with E-state index in [1.807, 2.05) is 67.3 Å². The Labute approximate surface area is 237 Å². The van der Waals surface area contributed by atoms with E-state index >= 15 is 0 Å². The molecule has 38 heavy (non-hydrogen) atoms. The molecule has 1 amide bonds. The number of hydrogen-bond acceptors (Lipinski definition) is 3. The maximum atomic E-state index is 14.5. The van der Waals surface area contributed by atoms with Crippen LogP contribution in [0.4, 0.5) is 0 Å². The van der Waals surface area contributed by atoms with Crippen molar-refractivity contribution in [3.05, 3.63) is 82.4 Å². The number of amides is 1. The van der Waals surface area contributed by atoms with Gasteiger partial charge in [0.05, 0.1) is 11.3 Å². The second-order valence-electron chi connectivity index (χ2n) is 11.0. The number of allylic oxidation sites excluding steroid dienone is 1. The highest BCUT2D eigenvalue weighted by atomic mass is 35.5. The average molecular weight is 578 g/mol. The van der Waals surface area contributed by atoms with Gasteiger partial charge in [0.2, 0.25) is 15.9 Å². The van der Waals surface area contributed by atoms with Gasteiger partial charge in [-0.05, 0) is 73.9 Å². The molecule has 2 unspecified atom stereocenters. The van der Waals surface area contributed by atoms with Crippen molar-refractivity contribution >= 4 is 39.1 Å². The molecule has 0 bridgehead atoms. The third kappa shape index (κ3) is 5.99. The van der Waals surface area contributed by atoms with Crippen LogP contribution in [-0.2, 0) is 14.8 Å². The average Bonchev–Trinajstić information content (AvgIpc) is 3.75. The summed E-state index contributed by atoms with van der Waals surface area (Å²) in [5.74, 6) is 0.0171. The van der Waals surface area contributed by atoms with Crippen LogP contribution in [0.5, 0.6) is 0 Å². The normalized spacial score (nSPS) is 25.0. The Bertz CT molecular complexity index is 1260. The largest absolute Gasteiger partial charge is 0.330 e. The smallest absolute Gasteiger partial charge is 0.229 e. The summed E-state index contributed by atoms with van der Waals surface area (Å²) in [5, 5.41) is 0.974. The predicted molar refractivity (Wildman–Crippen MR) is 156 cm³/mol. The fourth-order valence-corrected chi connectivity index (χ4v) is 7.81. The van der Waals surface area contributed by atoms with E-state index in [2.05, 4.69) is 12.6 Å². The number of carbonyl (C=O) groups is 1. The van der Waals surface area contributed by atoms with Gasteiger partial charge in [-0.25, -0.2) is 12.7 Å². The lowest BCUT2D eigenvalue weighted by molar-refractivity contribution is -0.155. The topological polar surface area (TPSA) is 57.7 Å². The van der Waals surface area contributed by atoms with Gasteiger partial charge in [0, 0.05) is 41.0 Å². The summed E-state index contributed by atoms with van der Waals surface area (Å²) >= 11 is 12.7. The van der Waals surface area contributed by atoms with Crippen LogP contribution in [-0.4, -0.2) is 48.4 Å². The Morgan fingerprint density at radius 2 is 1.82 bits per heavy atom. The molecule has 2 fully saturated rings. The molecule has 0 aromatic heterocycles. The van der Waals surface area contributed by atoms with Crippen LogP contribution in [0, 0.1) is 5.41 Å². The van der Waals surface area contributed by atoms with Gasteiger partial charge >= 0.3 is 0 Å². The first-order valence-corrected chi connectivity index (χ1v) is 15.7. The Morgan fingerprint density at radius 1 is 1.13 bits per heavy atom. The number of halogens is 2. The SMILES string of the molecule is C=CCCC1(C)C[C@H](c2cccc(Cl)c2)C(c2ccc(Cl)cc2)N([C@@H](CC)CN(C)S(=O)(=O)C2CC2)C1=O. The van der Waals surface area contributed by atoms with Crippen molar-refractivity contribution in [3.63, 3.8) is 0 Å². The Hall–Kier alpha value is -1.86. The summed E-state index contributed by atoms with van der Waals surface area (Å²) in [6, 6.07) is 14.9. The monoisotopic (exact) mass is 576 g/mol. The van der Waals surface area contributed by atoms with E-state index in [1.54, 1.807) is 7.05 Å². The first kappa shape index (κ1) is 29.1. The molecule has 0 radical (unpaired) electrons. The number of likely N-dealkylation sites (N-methyl/N-ethyl adjacent to an activating group) is 1. The fraction of sp³-hybridized carbons (Fsp3) is 0.500. The van der Waals surface area contributed by atoms with Gasteiger partial charge in [0.1, 0.15) is 0 Å². The Morgan fingerprint density at radius 3 is 2.39 bits per heavy atom. The van der Waals surface area contributed by atoms with E-state index in [0.29, 0.717) is 42.1 Å². The first-order valence-electron chi connectivity index (χ1n) is 13.4. The maximum absolute atomic E-state index is 14.5. The molecule has 2 aromatic rings. The summed E-state index contributed by atoms with van der Waals surface area (Å²) in [5.41, 5.74) is 1.41. The van der Waals surface area contributed by atoms with Crippen molar-refractivity contribution in [1.29, 1.82) is 0 Å². The van der Waals surface area contributed by atoms with E-state index in [0.717, 1.165) is 17.5 Å². The van der Waals surface area contributed by atoms with Crippen LogP contribution in [0.25, 0.3) is 0 Å². The number of rotatable bonds is 11. The molecule has 2 aliphatic rings. The number of benzene rings is 2. The molecule has 2 aromatic carbocycles. The fourth-order valence-electron chi connectivity index (χ4n) is 5.86. The standard InChI is InChI=1S/C30H38Cl2N2O3S/c1-5-7-17-30(3)19-27(22-9-8-10-24(32)18-22)28(21-11-13-23(31)14-12-21)34(29(30)35)25(6-2)20-33(4)38(36,37)26-15-16-26/h5,8-14,18,25-28H,1,6-7,15-17,19-20H2,2-4H3/t25-,27+,28?,30?/m0/s1. The van der Waals surface area contributed by atoms with Gasteiger partial charge in [-0.2, -0.15) is 0 Å². The highest BCUT2D eigenvalue weighted by Crippen LogP contribution is 2.52. The summed E-state index contributed by atoms with van der Waals surface area (Å²) < 4.78 is 27.6. The summed E-state index contributed by atoms with van der Waals surface area (Å²) in [4.78, 5) is 16.5. The van der Waals surface area contributed by atoms with E-state index in [1.165, 1.54) is 4.31 Å². The summed E-state index contributed by atoms with van der Waals surface area (Å²) in [7, 11) is -1.74. The molecule has 5 nitrogen and oxygen atoms in total. The lowest BCUT2D eigenvalue weighted by Crippen LogP contribution is -2.58. The minimum Gasteiger partial charge on any atom is -0.330 e. The van der Waals surface area contributed by atoms with Gasteiger partial charge in [-0.15, -0.1) is 6.58 Å². The molecule has 1 aliphatic carbocycles. The molecule has 1 aliphatic heterocycles. The lowest BCUT2D eigenvalue weighted by Gasteiger charge is -2.52. The molecule has 1 saturated heterocycles. The van der Waals surface area contributed by atoms with Gasteiger partial charge in [0.25, 0.3) is 0 Å². The summed E-state index contributed by atoms with van der Waals surface area (Å²) in [6.45, 7) is 8.21. The molecule has 0 spiro atoms. The number of sulfonamides is 1. The zero-order valence-corrected chi connectivity index (χ0v) is 24.8. The zero-order valence-electron chi connectivity index (χ0n) is 22.4. The van der Waals surface area contributed by atoms with Crippen molar-refractivity contribution in [2.45, 2.75) is 75.6 Å². The Kier molecular flexibility index (Phi) is 8.98. The van der Waals surface area contributed by atoms with Crippen LogP contribution in [0.3, 0.4) is 0 Å². The van der Waals surface area contributed by atoms with Gasteiger partial charge in [-0.3, -0.25) is 4.79 Å². The lowest BCUT2D eigenvalue weighted by atomic mass is 9.66. The number of likely N-dealkylation sites (tertiary alicyclic amines) is 1. The van der Waals surface area contributed by atoms with Gasteiger partial charge in [-0.1, -0.05) is 67.4 Å². The van der Waals surface area contributed by atoms with Crippen molar-refractivity contribution in [2.24, 2.45) is 5.41 Å². The van der Waals surface area contributed by atoms with Crippen molar-refractivity contribution < 1.29 is 13.2 Å². The number of carbonyl (C=O) groups excluding carboxylic acids is 1. The van der Waals surface area contributed by atoms with Crippen LogP contribution in [0.15, 0.2) is 61.2 Å². The van der Waals surface area contributed by atoms with E-state index < -0.39 is 15.4 Å². The predicted octanol–water partition coefficient (Wildman–Crippen LogP) is 7.23. The van der Waals surface area contributed by atoms with Gasteiger partial charge in [0.15, 0.2) is 0 Å². The summed E-state index contributed by atoms with van der Waals surface area (Å²) in [6.07, 6.45) is 5.93. The molecule has 1 saturated carbocycles. The molecule has 206 valence electrons. The third-order valence-corrected chi connectivity index (χ3v) is 11.0. The molecule has 1 heterocycles. The molecule has 4 rings (SSSR count). The molecule has 0 N–H and O–H groups in total. The van der Waals surface area contributed by atoms with E-state index in [-0.39, 0.29) is 35.7 Å². The van der Waals surface area contributed by atoms with Crippen molar-refractivity contribution in [2.75, 3.05) is 13.6 Å². The van der Waals surface area contributed by atoms with Crippen LogP contribution >= 0.6 is 23.2 Å². The Balaban J connectivity index is 1.84. The van der Waals surface area contributed by atoms with Crippen LogP contribution in [0.1, 0.15) is 75.5 Å². The minimum atomic E-state index is -3.38. The molecular formula is C30H38Cl2N2O3S. The molecular weight excluding hydrogens is 539 g/mol. The highest BCUT2D eigenvalue weighted by molar-refractivity contribution is 7.90. The van der Waals surface area contributed by atoms with Gasteiger partial charge < -0.3 is 4.90 Å². The van der Waals surface area contributed by atoms with Crippen molar-refractivity contribution in [3.8, 4) is 0 Å². The van der Waals surface area contributed by atoms with Crippen LogP contribution < -0.4 is 0 Å². The molecule has 4 atom stereocenters. The van der Waals surface area contributed by atoms with E-state index in [9.17, 15) is 13.2 Å². The quantitative estimate of drug-likeness (QED) is 0.265. The molecule has 8 heteroatoms. The maximum Gasteiger partial charge on any atom is 0.229 e. The van der Waals surface area contributed by atoms with Crippen LogP contribution in [0.2, 0.25) is 10.0 Å². The highest BCUT2D eigenvalue weighted by Gasteiger charge is 2.51. The van der Waals surface area contributed by atoms with Crippen molar-refractivity contribution in [1.82, 2.24) is 9.21 Å². The first-order chi connectivity index (χ1) is 18.0. The number of piperidine rings is 1. The zero-order chi connectivity index (χ0) is 27.7. The van der Waals surface area contributed by atoms with E-state index in [4.69, 9.17) is 23.2 Å². The number of nitrogens with zero attached hydrogens (tertiary/aromatic N) is 2. The second-order valence-corrected chi connectivity index (χ2v) is 14.2. The third-order valence-electron chi connectivity index (χ3n) is 8.20.